The van der Waals surface area contributed by atoms with Gasteiger partial charge in [-0.3, -0.25) is 4.79 Å². The normalized spacial score (nSPS) is 14.1. The Morgan fingerprint density at radius 2 is 1.64 bits per heavy atom. The molecule has 0 aliphatic carbocycles. The number of hydrogen-bond acceptors (Lipinski definition) is 1. The molecule has 0 radical (unpaired) electrons. The molecule has 2 nitrogen and oxygen atoms in total. The summed E-state index contributed by atoms with van der Waals surface area (Å²) < 4.78 is 0. The van der Waals surface area contributed by atoms with Crippen molar-refractivity contribution in [3.05, 3.63) is 12.2 Å². The van der Waals surface area contributed by atoms with E-state index in [1.807, 2.05) is 13.8 Å². The zero-order valence-corrected chi connectivity index (χ0v) is 9.79. The van der Waals surface area contributed by atoms with E-state index in [9.17, 15) is 4.79 Å². The molecule has 0 aromatic carbocycles. The lowest BCUT2D eigenvalue weighted by Crippen LogP contribution is -2.26. The first kappa shape index (κ1) is 13.2. The zero-order valence-electron chi connectivity index (χ0n) is 9.79. The Morgan fingerprint density at radius 1 is 1.14 bits per heavy atom. The summed E-state index contributed by atoms with van der Waals surface area (Å²) >= 11 is 0. The standard InChI is InChI=1S/C12H23NO/c1-9(2)7-5-6-8-11(10(3)4)12(13)14/h5-6,9-11H,7-8H2,1-4H3,(H2,13,14)/b6-5+/t11-/m0/s1. The van der Waals surface area contributed by atoms with Crippen molar-refractivity contribution >= 4 is 5.91 Å². The molecule has 0 rings (SSSR count). The monoisotopic (exact) mass is 197 g/mol. The third-order valence-electron chi connectivity index (χ3n) is 2.33. The highest BCUT2D eigenvalue weighted by atomic mass is 16.1. The van der Waals surface area contributed by atoms with E-state index in [1.54, 1.807) is 0 Å². The predicted octanol–water partition coefficient (Wildman–Crippen LogP) is 2.74. The molecule has 0 fully saturated rings. The van der Waals surface area contributed by atoms with E-state index in [4.69, 9.17) is 5.73 Å². The van der Waals surface area contributed by atoms with Gasteiger partial charge in [-0.2, -0.15) is 0 Å². The first-order valence-corrected chi connectivity index (χ1v) is 5.39. The summed E-state index contributed by atoms with van der Waals surface area (Å²) in [6.07, 6.45) is 6.07. The molecule has 0 spiro atoms. The maximum atomic E-state index is 11.1. The molecule has 0 aromatic heterocycles. The van der Waals surface area contributed by atoms with Crippen molar-refractivity contribution in [2.45, 2.75) is 40.5 Å². The van der Waals surface area contributed by atoms with Crippen LogP contribution in [0.1, 0.15) is 40.5 Å². The van der Waals surface area contributed by atoms with Crippen molar-refractivity contribution in [1.29, 1.82) is 0 Å². The van der Waals surface area contributed by atoms with E-state index in [1.165, 1.54) is 0 Å². The Hall–Kier alpha value is -0.790. The molecule has 0 bridgehead atoms. The van der Waals surface area contributed by atoms with Crippen LogP contribution in [0.2, 0.25) is 0 Å². The first-order chi connectivity index (χ1) is 6.45. The van der Waals surface area contributed by atoms with Crippen LogP contribution >= 0.6 is 0 Å². The Kier molecular flexibility index (Phi) is 6.26. The van der Waals surface area contributed by atoms with Crippen molar-refractivity contribution < 1.29 is 4.79 Å². The second-order valence-corrected chi connectivity index (χ2v) is 4.59. The topological polar surface area (TPSA) is 43.1 Å². The van der Waals surface area contributed by atoms with Crippen LogP contribution in [-0.2, 0) is 4.79 Å². The third-order valence-corrected chi connectivity index (χ3v) is 2.33. The highest BCUT2D eigenvalue weighted by Gasteiger charge is 2.17. The summed E-state index contributed by atoms with van der Waals surface area (Å²) in [6, 6.07) is 0. The number of allylic oxidation sites excluding steroid dienone is 2. The minimum Gasteiger partial charge on any atom is -0.369 e. The molecule has 0 aliphatic heterocycles. The Labute approximate surface area is 87.6 Å². The van der Waals surface area contributed by atoms with Gasteiger partial charge in [0.15, 0.2) is 0 Å². The molecule has 0 aliphatic rings. The van der Waals surface area contributed by atoms with E-state index in [2.05, 4.69) is 26.0 Å². The van der Waals surface area contributed by atoms with Crippen molar-refractivity contribution in [3.63, 3.8) is 0 Å². The quantitative estimate of drug-likeness (QED) is 0.654. The molecule has 2 heteroatoms. The van der Waals surface area contributed by atoms with Gasteiger partial charge in [-0.25, -0.2) is 0 Å². The van der Waals surface area contributed by atoms with Gasteiger partial charge in [0.25, 0.3) is 0 Å². The number of nitrogens with two attached hydrogens (primary N) is 1. The second kappa shape index (κ2) is 6.63. The molecule has 0 unspecified atom stereocenters. The average molecular weight is 197 g/mol. The van der Waals surface area contributed by atoms with Crippen LogP contribution in [0.3, 0.4) is 0 Å². The summed E-state index contributed by atoms with van der Waals surface area (Å²) in [5.74, 6) is 0.807. The number of primary amides is 1. The second-order valence-electron chi connectivity index (χ2n) is 4.59. The van der Waals surface area contributed by atoms with E-state index in [0.29, 0.717) is 11.8 Å². The van der Waals surface area contributed by atoms with Gasteiger partial charge in [-0.1, -0.05) is 39.8 Å². The van der Waals surface area contributed by atoms with Gasteiger partial charge in [0.2, 0.25) is 5.91 Å². The number of carbonyl (C=O) groups excluding carboxylic acids is 1. The predicted molar refractivity (Wildman–Crippen MR) is 60.7 cm³/mol. The molecule has 0 saturated carbocycles. The largest absolute Gasteiger partial charge is 0.369 e. The number of rotatable bonds is 6. The van der Waals surface area contributed by atoms with Crippen LogP contribution < -0.4 is 5.73 Å². The fourth-order valence-electron chi connectivity index (χ4n) is 1.33. The van der Waals surface area contributed by atoms with Crippen molar-refractivity contribution in [2.24, 2.45) is 23.5 Å². The van der Waals surface area contributed by atoms with Crippen molar-refractivity contribution in [1.82, 2.24) is 0 Å². The smallest absolute Gasteiger partial charge is 0.221 e. The molecular formula is C12H23NO. The first-order valence-electron chi connectivity index (χ1n) is 5.39. The Bertz CT molecular complexity index is 194. The molecule has 0 aromatic rings. The SMILES string of the molecule is CC(C)C/C=C/C[C@H](C(N)=O)C(C)C. The lowest BCUT2D eigenvalue weighted by atomic mass is 9.91. The van der Waals surface area contributed by atoms with Crippen molar-refractivity contribution in [3.8, 4) is 0 Å². The van der Waals surface area contributed by atoms with Gasteiger partial charge >= 0.3 is 0 Å². The van der Waals surface area contributed by atoms with Gasteiger partial charge in [0.05, 0.1) is 0 Å². The summed E-state index contributed by atoms with van der Waals surface area (Å²) in [6.45, 7) is 8.42. The molecule has 2 N–H and O–H groups in total. The van der Waals surface area contributed by atoms with E-state index in [0.717, 1.165) is 12.8 Å². The van der Waals surface area contributed by atoms with E-state index in [-0.39, 0.29) is 11.8 Å². The van der Waals surface area contributed by atoms with Gasteiger partial charge < -0.3 is 5.73 Å². The summed E-state index contributed by atoms with van der Waals surface area (Å²) in [5.41, 5.74) is 5.31. The lowest BCUT2D eigenvalue weighted by Gasteiger charge is -2.14. The fraction of sp³-hybridized carbons (Fsp3) is 0.750. The van der Waals surface area contributed by atoms with Crippen LogP contribution in [0.5, 0.6) is 0 Å². The molecule has 82 valence electrons. The Balaban J connectivity index is 3.94. The van der Waals surface area contributed by atoms with Crippen LogP contribution in [0.25, 0.3) is 0 Å². The maximum absolute atomic E-state index is 11.1. The Morgan fingerprint density at radius 3 is 2.00 bits per heavy atom. The minimum atomic E-state index is -0.186. The molecular weight excluding hydrogens is 174 g/mol. The maximum Gasteiger partial charge on any atom is 0.221 e. The number of amides is 1. The molecule has 1 atom stereocenters. The van der Waals surface area contributed by atoms with Crippen LogP contribution in [0.4, 0.5) is 0 Å². The molecule has 0 saturated heterocycles. The van der Waals surface area contributed by atoms with Crippen LogP contribution in [0.15, 0.2) is 12.2 Å². The van der Waals surface area contributed by atoms with E-state index < -0.39 is 0 Å². The number of carbonyl (C=O) groups is 1. The highest BCUT2D eigenvalue weighted by molar-refractivity contribution is 5.77. The van der Waals surface area contributed by atoms with Gasteiger partial charge in [0, 0.05) is 5.92 Å². The van der Waals surface area contributed by atoms with Gasteiger partial charge in [-0.05, 0) is 24.7 Å². The average Bonchev–Trinajstić information content (AvgIpc) is 2.01. The molecule has 1 amide bonds. The van der Waals surface area contributed by atoms with Gasteiger partial charge in [0.1, 0.15) is 0 Å². The summed E-state index contributed by atoms with van der Waals surface area (Å²) in [7, 11) is 0. The molecule has 14 heavy (non-hydrogen) atoms. The molecule has 0 heterocycles. The minimum absolute atomic E-state index is 0.0154. The summed E-state index contributed by atoms with van der Waals surface area (Å²) in [5, 5.41) is 0. The van der Waals surface area contributed by atoms with Crippen LogP contribution in [0, 0.1) is 17.8 Å². The van der Waals surface area contributed by atoms with Crippen LogP contribution in [-0.4, -0.2) is 5.91 Å². The summed E-state index contributed by atoms with van der Waals surface area (Å²) in [4.78, 5) is 11.1. The van der Waals surface area contributed by atoms with Gasteiger partial charge in [-0.15, -0.1) is 0 Å². The van der Waals surface area contributed by atoms with E-state index >= 15 is 0 Å². The zero-order chi connectivity index (χ0) is 11.1. The number of hydrogen-bond donors (Lipinski definition) is 1. The van der Waals surface area contributed by atoms with Crippen molar-refractivity contribution in [2.75, 3.05) is 0 Å². The highest BCUT2D eigenvalue weighted by Crippen LogP contribution is 2.15. The fourth-order valence-corrected chi connectivity index (χ4v) is 1.33. The third kappa shape index (κ3) is 5.79. The lowest BCUT2D eigenvalue weighted by molar-refractivity contribution is -0.122.